The molecule has 0 unspecified atom stereocenters. The second kappa shape index (κ2) is 13.8. The van der Waals surface area contributed by atoms with Gasteiger partial charge in [-0.15, -0.1) is 11.3 Å². The summed E-state index contributed by atoms with van der Waals surface area (Å²) in [4.78, 5) is 19.2. The summed E-state index contributed by atoms with van der Waals surface area (Å²) in [5.74, 6) is 1.73. The van der Waals surface area contributed by atoms with Crippen molar-refractivity contribution in [3.8, 4) is 62.1 Å². The van der Waals surface area contributed by atoms with Crippen LogP contribution in [0.25, 0.3) is 109 Å². The molecule has 0 spiro atoms. The molecule has 11 aromatic rings. The summed E-state index contributed by atoms with van der Waals surface area (Å²) in [7, 11) is 0. The van der Waals surface area contributed by atoms with Gasteiger partial charge in [0, 0.05) is 53.3 Å². The second-order valence-corrected chi connectivity index (χ2v) is 15.4. The molecule has 3 heterocycles. The molecule has 0 fully saturated rings. The topological polar surface area (TPSA) is 48.0 Å². The van der Waals surface area contributed by atoms with Crippen molar-refractivity contribution in [1.82, 2.24) is 19.5 Å². The van der Waals surface area contributed by atoms with Crippen LogP contribution in [0.3, 0.4) is 0 Å². The Labute approximate surface area is 338 Å². The standard InChI is InChI=1S/C52H31N5S/c1-53-45-24-11-8-19-39(45)36-29-37(52-55-50(33-15-4-2-5-16-33)54-51(56-52)34-17-6-3-7-18-34)31-38(30-36)57-46-25-12-9-20-41(46)42-28-27-35(32-47(42)57)40-22-14-23-44-43-21-10-13-26-48(43)58-49(40)44/h2-32H. The van der Waals surface area contributed by atoms with E-state index in [9.17, 15) is 0 Å². The van der Waals surface area contributed by atoms with Crippen molar-refractivity contribution in [1.29, 1.82) is 0 Å². The molecule has 0 radical (unpaired) electrons. The first-order chi connectivity index (χ1) is 28.7. The summed E-state index contributed by atoms with van der Waals surface area (Å²) in [6.07, 6.45) is 0. The third-order valence-electron chi connectivity index (χ3n) is 10.9. The van der Waals surface area contributed by atoms with E-state index in [0.717, 1.165) is 60.9 Å². The molecule has 58 heavy (non-hydrogen) atoms. The van der Waals surface area contributed by atoms with E-state index in [1.807, 2.05) is 96.3 Å². The van der Waals surface area contributed by atoms with Crippen molar-refractivity contribution in [2.75, 3.05) is 0 Å². The molecule has 270 valence electrons. The summed E-state index contributed by atoms with van der Waals surface area (Å²) >= 11 is 1.85. The van der Waals surface area contributed by atoms with E-state index in [1.165, 1.54) is 25.7 Å². The number of hydrogen-bond acceptors (Lipinski definition) is 4. The number of rotatable bonds is 6. The first-order valence-electron chi connectivity index (χ1n) is 19.1. The molecule has 0 amide bonds. The number of thiophene rings is 1. The third kappa shape index (κ3) is 5.64. The molecule has 11 rings (SSSR count). The Morgan fingerprint density at radius 3 is 1.76 bits per heavy atom. The van der Waals surface area contributed by atoms with Crippen LogP contribution in [0, 0.1) is 6.57 Å². The minimum absolute atomic E-state index is 0.550. The summed E-state index contributed by atoms with van der Waals surface area (Å²) in [6.45, 7) is 8.09. The Morgan fingerprint density at radius 1 is 0.414 bits per heavy atom. The Morgan fingerprint density at radius 2 is 1.00 bits per heavy atom. The van der Waals surface area contributed by atoms with Gasteiger partial charge in [-0.2, -0.15) is 0 Å². The lowest BCUT2D eigenvalue weighted by Gasteiger charge is -2.15. The van der Waals surface area contributed by atoms with Gasteiger partial charge in [-0.25, -0.2) is 19.8 Å². The molecule has 0 aliphatic heterocycles. The van der Waals surface area contributed by atoms with E-state index in [4.69, 9.17) is 21.5 Å². The Bertz CT molecular complexity index is 3360. The number of benzene rings is 8. The molecule has 0 aliphatic rings. The van der Waals surface area contributed by atoms with Crippen LogP contribution in [0.1, 0.15) is 0 Å². The molecule has 0 aliphatic carbocycles. The largest absolute Gasteiger partial charge is 0.309 e. The zero-order valence-electron chi connectivity index (χ0n) is 31.0. The molecule has 0 N–H and O–H groups in total. The number of nitrogens with zero attached hydrogens (tertiary/aromatic N) is 5. The average Bonchev–Trinajstić information content (AvgIpc) is 3.85. The highest BCUT2D eigenvalue weighted by molar-refractivity contribution is 7.26. The van der Waals surface area contributed by atoms with Crippen molar-refractivity contribution < 1.29 is 0 Å². The third-order valence-corrected chi connectivity index (χ3v) is 12.1. The highest BCUT2D eigenvalue weighted by atomic mass is 32.1. The molecule has 3 aromatic heterocycles. The van der Waals surface area contributed by atoms with Gasteiger partial charge >= 0.3 is 0 Å². The van der Waals surface area contributed by atoms with Gasteiger partial charge in [0.2, 0.25) is 0 Å². The van der Waals surface area contributed by atoms with Gasteiger partial charge < -0.3 is 4.57 Å². The fourth-order valence-corrected chi connectivity index (χ4v) is 9.41. The molecule has 8 aromatic carbocycles. The van der Waals surface area contributed by atoms with E-state index < -0.39 is 0 Å². The lowest BCUT2D eigenvalue weighted by Crippen LogP contribution is -2.02. The molecular formula is C52H31N5S. The fraction of sp³-hybridized carbons (Fsp3) is 0. The van der Waals surface area contributed by atoms with Gasteiger partial charge in [-0.05, 0) is 58.7 Å². The number of hydrogen-bond donors (Lipinski definition) is 0. The monoisotopic (exact) mass is 757 g/mol. The summed E-state index contributed by atoms with van der Waals surface area (Å²) in [5, 5.41) is 4.88. The fourth-order valence-electron chi connectivity index (χ4n) is 8.17. The quantitative estimate of drug-likeness (QED) is 0.159. The van der Waals surface area contributed by atoms with Crippen LogP contribution in [0.4, 0.5) is 5.69 Å². The predicted octanol–water partition coefficient (Wildman–Crippen LogP) is 14.2. The highest BCUT2D eigenvalue weighted by Gasteiger charge is 2.20. The Hall–Kier alpha value is -7.72. The zero-order valence-corrected chi connectivity index (χ0v) is 31.9. The van der Waals surface area contributed by atoms with Crippen LogP contribution >= 0.6 is 11.3 Å². The molecule has 0 saturated carbocycles. The summed E-state index contributed by atoms with van der Waals surface area (Å²) in [5.41, 5.74) is 10.4. The molecule has 6 heteroatoms. The van der Waals surface area contributed by atoms with E-state index in [1.54, 1.807) is 0 Å². The van der Waals surface area contributed by atoms with Crippen molar-refractivity contribution in [3.05, 3.63) is 199 Å². The van der Waals surface area contributed by atoms with Gasteiger partial charge in [-0.3, -0.25) is 0 Å². The summed E-state index contributed by atoms with van der Waals surface area (Å²) < 4.78 is 4.92. The maximum absolute atomic E-state index is 8.09. The lowest BCUT2D eigenvalue weighted by atomic mass is 9.99. The smallest absolute Gasteiger partial charge is 0.194 e. The number of aromatic nitrogens is 4. The molecule has 0 bridgehead atoms. The van der Waals surface area contributed by atoms with Crippen molar-refractivity contribution in [3.63, 3.8) is 0 Å². The molecular weight excluding hydrogens is 727 g/mol. The van der Waals surface area contributed by atoms with E-state index in [0.29, 0.717) is 23.2 Å². The van der Waals surface area contributed by atoms with Crippen molar-refractivity contribution in [2.24, 2.45) is 0 Å². The molecule has 0 saturated heterocycles. The maximum atomic E-state index is 8.09. The SMILES string of the molecule is [C-]#[N+]c1ccccc1-c1cc(-c2nc(-c3ccccc3)nc(-c3ccccc3)n2)cc(-n2c3ccccc3c3ccc(-c4cccc5c4sc4ccccc45)cc32)c1. The minimum Gasteiger partial charge on any atom is -0.309 e. The van der Waals surface area contributed by atoms with E-state index >= 15 is 0 Å². The van der Waals surface area contributed by atoms with Crippen LogP contribution in [0.5, 0.6) is 0 Å². The van der Waals surface area contributed by atoms with E-state index in [2.05, 4.69) is 113 Å². The van der Waals surface area contributed by atoms with Crippen LogP contribution in [-0.2, 0) is 0 Å². The lowest BCUT2D eigenvalue weighted by molar-refractivity contribution is 1.07. The van der Waals surface area contributed by atoms with Crippen molar-refractivity contribution in [2.45, 2.75) is 0 Å². The van der Waals surface area contributed by atoms with Crippen LogP contribution in [0.15, 0.2) is 188 Å². The Kier molecular flexibility index (Phi) is 7.99. The van der Waals surface area contributed by atoms with E-state index in [-0.39, 0.29) is 0 Å². The van der Waals surface area contributed by atoms with Crippen molar-refractivity contribution >= 4 is 59.0 Å². The highest BCUT2D eigenvalue weighted by Crippen LogP contribution is 2.43. The van der Waals surface area contributed by atoms with Gasteiger partial charge in [0.25, 0.3) is 0 Å². The second-order valence-electron chi connectivity index (χ2n) is 14.3. The first-order valence-corrected chi connectivity index (χ1v) is 20.0. The van der Waals surface area contributed by atoms with Crippen LogP contribution in [0.2, 0.25) is 0 Å². The molecule has 5 nitrogen and oxygen atoms in total. The summed E-state index contributed by atoms with van der Waals surface area (Å²) in [6, 6.07) is 65.1. The van der Waals surface area contributed by atoms with Gasteiger partial charge in [0.1, 0.15) is 0 Å². The van der Waals surface area contributed by atoms with Gasteiger partial charge in [0.05, 0.1) is 17.6 Å². The number of fused-ring (bicyclic) bond motifs is 6. The molecule has 0 atom stereocenters. The van der Waals surface area contributed by atoms with Gasteiger partial charge in [-0.1, -0.05) is 152 Å². The van der Waals surface area contributed by atoms with Gasteiger partial charge in [0.15, 0.2) is 23.2 Å². The Balaban J connectivity index is 1.19. The number of para-hydroxylation sites is 2. The maximum Gasteiger partial charge on any atom is 0.194 e. The minimum atomic E-state index is 0.550. The first kappa shape index (κ1) is 33.6. The normalized spacial score (nSPS) is 11.4. The van der Waals surface area contributed by atoms with Crippen LogP contribution < -0.4 is 0 Å². The van der Waals surface area contributed by atoms with Crippen LogP contribution in [-0.4, -0.2) is 19.5 Å². The average molecular weight is 758 g/mol. The zero-order chi connectivity index (χ0) is 38.6. The predicted molar refractivity (Wildman–Crippen MR) is 240 cm³/mol.